The molecule has 0 saturated heterocycles. The van der Waals surface area contributed by atoms with Crippen LogP contribution >= 0.6 is 0 Å². The summed E-state index contributed by atoms with van der Waals surface area (Å²) in [4.78, 5) is 2.00. The van der Waals surface area contributed by atoms with E-state index in [-0.39, 0.29) is 5.75 Å². The minimum atomic E-state index is -3.91. The van der Waals surface area contributed by atoms with Crippen LogP contribution in [0.4, 0.5) is 0 Å². The van der Waals surface area contributed by atoms with Gasteiger partial charge in [-0.1, -0.05) is 90.9 Å². The average molecular weight is 453 g/mol. The Morgan fingerprint density at radius 2 is 0.867 bits per heavy atom. The predicted molar refractivity (Wildman–Crippen MR) is 133 cm³/mol. The molecular weight excluding hydrogens is 396 g/mol. The van der Waals surface area contributed by atoms with Crippen molar-refractivity contribution in [3.8, 4) is 0 Å². The highest BCUT2D eigenvalue weighted by atomic mass is 32.2. The normalized spacial score (nSPS) is 11.5. The fraction of sp³-hybridized carbons (Fsp3) is 1.00. The zero-order valence-corrected chi connectivity index (χ0v) is 22.7. The van der Waals surface area contributed by atoms with Gasteiger partial charge in [-0.2, -0.15) is 0 Å². The molecule has 0 spiro atoms. The van der Waals surface area contributed by atoms with Crippen molar-refractivity contribution in [2.45, 2.75) is 104 Å². The fourth-order valence-corrected chi connectivity index (χ4v) is 2.78. The third-order valence-electron chi connectivity index (χ3n) is 4.54. The van der Waals surface area contributed by atoms with Gasteiger partial charge in [-0.05, 0) is 34.0 Å². The van der Waals surface area contributed by atoms with Gasteiger partial charge in [0.15, 0.2) is 0 Å². The van der Waals surface area contributed by atoms with Crippen LogP contribution in [-0.4, -0.2) is 76.9 Å². The molecule has 5 nitrogen and oxygen atoms in total. The maximum absolute atomic E-state index is 9.44. The monoisotopic (exact) mass is 452 g/mol. The molecule has 0 saturated carbocycles. The standard InChI is InChI=1S/C19H42N.C3H9N.C2H6O3S/c1-5-6-7-8-9-10-11-12-13-14-15-16-17-18-19-20(2,3)4;1-4(2)3;1-2-6(3,4)5/h5-19H2,1-4H3;1-3H3;2H2,1H3,(H,3,4,5)/q+1;;/p-1. The van der Waals surface area contributed by atoms with Crippen molar-refractivity contribution in [2.24, 2.45) is 0 Å². The Morgan fingerprint density at radius 1 is 0.633 bits per heavy atom. The molecule has 0 aliphatic carbocycles. The Balaban J connectivity index is -0.000000600. The Kier molecular flexibility index (Phi) is 27.0. The number of rotatable bonds is 16. The lowest BCUT2D eigenvalue weighted by Gasteiger charge is -2.23. The molecule has 0 amide bonds. The molecule has 0 N–H and O–H groups in total. The average Bonchev–Trinajstić information content (AvgIpc) is 2.60. The van der Waals surface area contributed by atoms with Crippen LogP contribution in [0.3, 0.4) is 0 Å². The van der Waals surface area contributed by atoms with Crippen molar-refractivity contribution >= 4 is 10.1 Å². The van der Waals surface area contributed by atoms with Gasteiger partial charge in [0, 0.05) is 5.75 Å². The van der Waals surface area contributed by atoms with Gasteiger partial charge in [0.2, 0.25) is 0 Å². The van der Waals surface area contributed by atoms with E-state index in [9.17, 15) is 13.0 Å². The first-order valence-corrected chi connectivity index (χ1v) is 13.8. The van der Waals surface area contributed by atoms with Gasteiger partial charge in [-0.25, -0.2) is 8.42 Å². The van der Waals surface area contributed by atoms with Crippen molar-refractivity contribution in [3.05, 3.63) is 0 Å². The van der Waals surface area contributed by atoms with E-state index in [1.807, 2.05) is 26.0 Å². The Morgan fingerprint density at radius 3 is 1.07 bits per heavy atom. The van der Waals surface area contributed by atoms with Crippen LogP contribution in [0.2, 0.25) is 0 Å². The molecule has 0 aromatic rings. The van der Waals surface area contributed by atoms with Crippen LogP contribution in [0.15, 0.2) is 0 Å². The van der Waals surface area contributed by atoms with Crippen molar-refractivity contribution in [3.63, 3.8) is 0 Å². The molecule has 0 unspecified atom stereocenters. The Bertz CT molecular complexity index is 416. The number of nitrogens with zero attached hydrogens (tertiary/aromatic N) is 2. The summed E-state index contributed by atoms with van der Waals surface area (Å²) in [7, 11) is 8.97. The highest BCUT2D eigenvalue weighted by molar-refractivity contribution is 7.85. The van der Waals surface area contributed by atoms with Gasteiger partial charge < -0.3 is 13.9 Å². The fourth-order valence-electron chi connectivity index (χ4n) is 2.78. The van der Waals surface area contributed by atoms with E-state index in [1.54, 1.807) is 0 Å². The van der Waals surface area contributed by atoms with E-state index in [4.69, 9.17) is 0 Å². The summed E-state index contributed by atoms with van der Waals surface area (Å²) in [5.41, 5.74) is 0. The van der Waals surface area contributed by atoms with Gasteiger partial charge >= 0.3 is 0 Å². The summed E-state index contributed by atoms with van der Waals surface area (Å²) in [5, 5.41) is 0. The maximum Gasteiger partial charge on any atom is 0.0943 e. The lowest BCUT2D eigenvalue weighted by Crippen LogP contribution is -2.35. The molecular formula is C24H56N2O3S. The number of hydrogen-bond acceptors (Lipinski definition) is 4. The second kappa shape index (κ2) is 23.5. The van der Waals surface area contributed by atoms with E-state index in [2.05, 4.69) is 28.1 Å². The molecule has 0 rings (SSSR count). The molecule has 186 valence electrons. The van der Waals surface area contributed by atoms with Crippen molar-refractivity contribution in [1.82, 2.24) is 4.90 Å². The lowest BCUT2D eigenvalue weighted by molar-refractivity contribution is -0.870. The molecule has 0 heterocycles. The SMILES string of the molecule is CCCCCCCCCCCCCCCC[N+](C)(C)C.CCS(=O)(=O)[O-].CN(C)C. The molecule has 0 fully saturated rings. The Hall–Kier alpha value is -0.170. The highest BCUT2D eigenvalue weighted by Gasteiger charge is 2.04. The summed E-state index contributed by atoms with van der Waals surface area (Å²) in [6, 6.07) is 0. The molecule has 30 heavy (non-hydrogen) atoms. The number of unbranched alkanes of at least 4 members (excludes halogenated alkanes) is 13. The van der Waals surface area contributed by atoms with Gasteiger partial charge in [0.05, 0.1) is 37.8 Å². The molecule has 0 aliphatic rings. The van der Waals surface area contributed by atoms with Crippen LogP contribution in [0.1, 0.15) is 104 Å². The number of quaternary nitrogens is 1. The third-order valence-corrected chi connectivity index (χ3v) is 5.24. The van der Waals surface area contributed by atoms with Gasteiger partial charge in [-0.3, -0.25) is 0 Å². The maximum atomic E-state index is 9.44. The van der Waals surface area contributed by atoms with Crippen molar-refractivity contribution in [2.75, 3.05) is 54.6 Å². The second-order valence-electron chi connectivity index (χ2n) is 9.80. The molecule has 0 radical (unpaired) electrons. The van der Waals surface area contributed by atoms with Crippen LogP contribution in [0, 0.1) is 0 Å². The van der Waals surface area contributed by atoms with E-state index in [0.29, 0.717) is 0 Å². The topological polar surface area (TPSA) is 60.4 Å². The van der Waals surface area contributed by atoms with E-state index < -0.39 is 10.1 Å². The summed E-state index contributed by atoms with van der Waals surface area (Å²) in [5.74, 6) is -0.312. The predicted octanol–water partition coefficient (Wildman–Crippen LogP) is 5.90. The van der Waals surface area contributed by atoms with Crippen LogP contribution < -0.4 is 0 Å². The third kappa shape index (κ3) is 50.9. The van der Waals surface area contributed by atoms with E-state index in [0.717, 1.165) is 4.48 Å². The summed E-state index contributed by atoms with van der Waals surface area (Å²) < 4.78 is 29.5. The molecule has 0 atom stereocenters. The Labute approximate surface area is 191 Å². The zero-order chi connectivity index (χ0) is 23.9. The molecule has 0 bridgehead atoms. The van der Waals surface area contributed by atoms with Crippen LogP contribution in [0.25, 0.3) is 0 Å². The van der Waals surface area contributed by atoms with Crippen LogP contribution in [0.5, 0.6) is 0 Å². The molecule has 0 aliphatic heterocycles. The van der Waals surface area contributed by atoms with Crippen molar-refractivity contribution < 1.29 is 17.5 Å². The lowest BCUT2D eigenvalue weighted by atomic mass is 10.0. The molecule has 6 heteroatoms. The summed E-state index contributed by atoms with van der Waals surface area (Å²) >= 11 is 0. The van der Waals surface area contributed by atoms with Gasteiger partial charge in [0.25, 0.3) is 0 Å². The quantitative estimate of drug-likeness (QED) is 0.166. The zero-order valence-electron chi connectivity index (χ0n) is 21.8. The summed E-state index contributed by atoms with van der Waals surface area (Å²) in [6.45, 7) is 4.93. The first-order valence-electron chi connectivity index (χ1n) is 12.2. The highest BCUT2D eigenvalue weighted by Crippen LogP contribution is 2.13. The minimum Gasteiger partial charge on any atom is -0.748 e. The van der Waals surface area contributed by atoms with Gasteiger partial charge in [0.1, 0.15) is 0 Å². The summed E-state index contributed by atoms with van der Waals surface area (Å²) in [6.07, 6.45) is 20.4. The number of hydrogen-bond donors (Lipinski definition) is 0. The van der Waals surface area contributed by atoms with E-state index >= 15 is 0 Å². The second-order valence-corrected chi connectivity index (χ2v) is 11.5. The molecule has 0 aromatic heterocycles. The first-order chi connectivity index (χ1) is 13.9. The van der Waals surface area contributed by atoms with Gasteiger partial charge in [-0.15, -0.1) is 0 Å². The minimum absolute atomic E-state index is 0.312. The largest absolute Gasteiger partial charge is 0.748 e. The van der Waals surface area contributed by atoms with Crippen LogP contribution in [-0.2, 0) is 10.1 Å². The van der Waals surface area contributed by atoms with E-state index in [1.165, 1.54) is 103 Å². The molecule has 0 aromatic carbocycles. The smallest absolute Gasteiger partial charge is 0.0943 e. The first kappa shape index (κ1) is 34.4. The van der Waals surface area contributed by atoms with Crippen molar-refractivity contribution in [1.29, 1.82) is 0 Å².